The minimum Gasteiger partial charge on any atom is -0.466 e. The summed E-state index contributed by atoms with van der Waals surface area (Å²) in [6, 6.07) is 1.09. The highest BCUT2D eigenvalue weighted by molar-refractivity contribution is 6.09. The van der Waals surface area contributed by atoms with Crippen molar-refractivity contribution < 1.29 is 9.47 Å². The van der Waals surface area contributed by atoms with Gasteiger partial charge < -0.3 is 9.47 Å². The van der Waals surface area contributed by atoms with Gasteiger partial charge in [-0.25, -0.2) is 0 Å². The molecule has 0 aliphatic heterocycles. The van der Waals surface area contributed by atoms with Crippen molar-refractivity contribution in [2.24, 2.45) is 0 Å². The van der Waals surface area contributed by atoms with E-state index >= 15 is 0 Å². The second-order valence-electron chi connectivity index (χ2n) is 1.80. The summed E-state index contributed by atoms with van der Waals surface area (Å²) in [6.45, 7) is 5.29. The highest BCUT2D eigenvalue weighted by Crippen LogP contribution is 1.99. The predicted molar refractivity (Wildman–Crippen MR) is 46.1 cm³/mol. The molecule has 0 saturated carbocycles. The molecule has 60 valence electrons. The van der Waals surface area contributed by atoms with Crippen LogP contribution in [0.5, 0.6) is 0 Å². The van der Waals surface area contributed by atoms with Gasteiger partial charge in [0, 0.05) is 10.2 Å². The summed E-state index contributed by atoms with van der Waals surface area (Å²) in [4.78, 5) is 0. The van der Waals surface area contributed by atoms with E-state index in [0.717, 1.165) is 16.3 Å². The van der Waals surface area contributed by atoms with Gasteiger partial charge in [0.25, 0.3) is 5.95 Å². The summed E-state index contributed by atoms with van der Waals surface area (Å²) in [5.74, 6) is 0.694. The first kappa shape index (κ1) is 9.56. The molecule has 10 heavy (non-hydrogen) atoms. The smallest absolute Gasteiger partial charge is 0.274 e. The van der Waals surface area contributed by atoms with Crippen LogP contribution in [0.2, 0.25) is 6.04 Å². The monoisotopic (exact) mass is 160 g/mol. The van der Waals surface area contributed by atoms with Gasteiger partial charge in [0.2, 0.25) is 0 Å². The zero-order chi connectivity index (χ0) is 7.82. The highest BCUT2D eigenvalue weighted by atomic mass is 28.1. The number of rotatable bonds is 5. The standard InChI is InChI=1S/C7H16O2Si/c1-3-8-7(5-6-10)9-4-2/h5H,3-4,6H2,1-2,10H3. The fourth-order valence-corrected chi connectivity index (χ4v) is 0.944. The first-order valence-corrected chi connectivity index (χ1v) is 5.22. The number of hydrogen-bond donors (Lipinski definition) is 0. The van der Waals surface area contributed by atoms with E-state index in [-0.39, 0.29) is 0 Å². The van der Waals surface area contributed by atoms with Crippen molar-refractivity contribution in [2.75, 3.05) is 13.2 Å². The molecule has 0 saturated heterocycles. The van der Waals surface area contributed by atoms with E-state index in [1.54, 1.807) is 0 Å². The summed E-state index contributed by atoms with van der Waals surface area (Å²) < 4.78 is 10.4. The molecule has 0 aromatic heterocycles. The van der Waals surface area contributed by atoms with E-state index in [1.807, 2.05) is 19.9 Å². The predicted octanol–water partition coefficient (Wildman–Crippen LogP) is 0.684. The Labute approximate surface area is 65.6 Å². The largest absolute Gasteiger partial charge is 0.466 e. The second kappa shape index (κ2) is 6.67. The third kappa shape index (κ3) is 4.44. The van der Waals surface area contributed by atoms with Gasteiger partial charge in [-0.2, -0.15) is 0 Å². The lowest BCUT2D eigenvalue weighted by Gasteiger charge is -2.07. The summed E-state index contributed by atoms with van der Waals surface area (Å²) >= 11 is 0. The first-order valence-electron chi connectivity index (χ1n) is 3.80. The number of ether oxygens (including phenoxy) is 2. The average molecular weight is 160 g/mol. The van der Waals surface area contributed by atoms with Crippen molar-refractivity contribution in [3.63, 3.8) is 0 Å². The number of hydrogen-bond acceptors (Lipinski definition) is 2. The van der Waals surface area contributed by atoms with Crippen LogP contribution in [-0.4, -0.2) is 23.5 Å². The molecule has 0 aromatic rings. The van der Waals surface area contributed by atoms with Gasteiger partial charge in [-0.05, 0) is 26.0 Å². The lowest BCUT2D eigenvalue weighted by Crippen LogP contribution is -1.97. The van der Waals surface area contributed by atoms with Crippen LogP contribution in [0.15, 0.2) is 12.0 Å². The van der Waals surface area contributed by atoms with Crippen LogP contribution < -0.4 is 0 Å². The van der Waals surface area contributed by atoms with Crippen LogP contribution in [0.4, 0.5) is 0 Å². The topological polar surface area (TPSA) is 18.5 Å². The molecule has 0 atom stereocenters. The molecule has 0 spiro atoms. The second-order valence-corrected chi connectivity index (χ2v) is 2.61. The maximum Gasteiger partial charge on any atom is 0.274 e. The Hall–Kier alpha value is -0.443. The van der Waals surface area contributed by atoms with E-state index in [2.05, 4.69) is 0 Å². The molecule has 3 heteroatoms. The third-order valence-electron chi connectivity index (χ3n) is 0.944. The van der Waals surface area contributed by atoms with Crippen molar-refractivity contribution in [3.8, 4) is 0 Å². The quantitative estimate of drug-likeness (QED) is 0.435. The molecule has 0 radical (unpaired) electrons. The molecule has 2 nitrogen and oxygen atoms in total. The van der Waals surface area contributed by atoms with E-state index in [1.165, 1.54) is 0 Å². The van der Waals surface area contributed by atoms with Crippen LogP contribution in [0.25, 0.3) is 0 Å². The molecule has 0 bridgehead atoms. The van der Waals surface area contributed by atoms with Gasteiger partial charge in [-0.1, -0.05) is 0 Å². The Bertz CT molecular complexity index is 93.8. The van der Waals surface area contributed by atoms with Crippen molar-refractivity contribution in [1.29, 1.82) is 0 Å². The average Bonchev–Trinajstić information content (AvgIpc) is 1.90. The summed E-state index contributed by atoms with van der Waals surface area (Å²) in [6.07, 6.45) is 2.00. The summed E-state index contributed by atoms with van der Waals surface area (Å²) in [5.41, 5.74) is 0. The maximum absolute atomic E-state index is 5.18. The summed E-state index contributed by atoms with van der Waals surface area (Å²) in [5, 5.41) is 0. The fraction of sp³-hybridized carbons (Fsp3) is 0.714. The zero-order valence-electron chi connectivity index (χ0n) is 7.02. The van der Waals surface area contributed by atoms with E-state index in [9.17, 15) is 0 Å². The van der Waals surface area contributed by atoms with Crippen molar-refractivity contribution in [2.45, 2.75) is 19.9 Å². The van der Waals surface area contributed by atoms with Gasteiger partial charge in [0.15, 0.2) is 0 Å². The van der Waals surface area contributed by atoms with Crippen LogP contribution in [-0.2, 0) is 9.47 Å². The van der Waals surface area contributed by atoms with E-state index in [0.29, 0.717) is 19.2 Å². The Kier molecular flexibility index (Phi) is 6.38. The van der Waals surface area contributed by atoms with Gasteiger partial charge >= 0.3 is 0 Å². The van der Waals surface area contributed by atoms with Gasteiger partial charge in [-0.15, -0.1) is 0 Å². The Morgan fingerprint density at radius 3 is 2.10 bits per heavy atom. The van der Waals surface area contributed by atoms with Crippen LogP contribution in [0, 0.1) is 0 Å². The molecule has 0 fully saturated rings. The minimum atomic E-state index is 0.688. The Balaban J connectivity index is 3.60. The van der Waals surface area contributed by atoms with Gasteiger partial charge in [0.05, 0.1) is 13.2 Å². The lowest BCUT2D eigenvalue weighted by molar-refractivity contribution is 0.0462. The molecule has 0 heterocycles. The fourth-order valence-electron chi connectivity index (χ4n) is 0.611. The molecule has 0 aliphatic rings. The molecule has 0 unspecified atom stereocenters. The molecule has 0 N–H and O–H groups in total. The zero-order valence-corrected chi connectivity index (χ0v) is 9.02. The first-order chi connectivity index (χ1) is 4.85. The molecular formula is C7H16O2Si. The third-order valence-corrected chi connectivity index (χ3v) is 1.35. The van der Waals surface area contributed by atoms with Crippen molar-refractivity contribution >= 4 is 10.2 Å². The van der Waals surface area contributed by atoms with E-state index in [4.69, 9.17) is 9.47 Å². The normalized spacial score (nSPS) is 9.00. The van der Waals surface area contributed by atoms with Crippen LogP contribution in [0.3, 0.4) is 0 Å². The molecular weight excluding hydrogens is 144 g/mol. The van der Waals surface area contributed by atoms with Crippen LogP contribution in [0.1, 0.15) is 13.8 Å². The molecule has 0 aliphatic carbocycles. The van der Waals surface area contributed by atoms with Crippen molar-refractivity contribution in [1.82, 2.24) is 0 Å². The Morgan fingerprint density at radius 2 is 1.80 bits per heavy atom. The SMILES string of the molecule is CCOC(=CC[SiH3])OCC. The van der Waals surface area contributed by atoms with Gasteiger partial charge in [0.1, 0.15) is 0 Å². The Morgan fingerprint density at radius 1 is 1.30 bits per heavy atom. The number of allylic oxidation sites excluding steroid dienone is 1. The summed E-state index contributed by atoms with van der Waals surface area (Å²) in [7, 11) is 1.16. The maximum atomic E-state index is 5.18. The molecule has 0 amide bonds. The minimum absolute atomic E-state index is 0.688. The lowest BCUT2D eigenvalue weighted by atomic mass is 10.6. The van der Waals surface area contributed by atoms with E-state index < -0.39 is 0 Å². The molecule has 0 rings (SSSR count). The highest BCUT2D eigenvalue weighted by Gasteiger charge is 1.92. The molecule has 0 aromatic carbocycles. The van der Waals surface area contributed by atoms with Crippen molar-refractivity contribution in [3.05, 3.63) is 12.0 Å². The van der Waals surface area contributed by atoms with Gasteiger partial charge in [-0.3, -0.25) is 0 Å². The van der Waals surface area contributed by atoms with Crippen LogP contribution >= 0.6 is 0 Å².